The summed E-state index contributed by atoms with van der Waals surface area (Å²) in [5, 5.41) is 0. The summed E-state index contributed by atoms with van der Waals surface area (Å²) in [5.74, 6) is -0.201. The highest BCUT2D eigenvalue weighted by Crippen LogP contribution is 2.27. The van der Waals surface area contributed by atoms with Crippen LogP contribution in [-0.2, 0) is 7.05 Å². The Hall–Kier alpha value is -2.42. The minimum absolute atomic E-state index is 0.0907. The fraction of sp³-hybridized carbons (Fsp3) is 0.0667. The minimum atomic E-state index is -0.110. The maximum Gasteiger partial charge on any atom is 0.196 e. The molecule has 0 spiro atoms. The number of aromatic nitrogens is 1. The lowest BCUT2D eigenvalue weighted by Crippen LogP contribution is -2.17. The number of aryl methyl sites for hydroxylation is 1. The van der Waals surface area contributed by atoms with E-state index in [-0.39, 0.29) is 11.6 Å². The van der Waals surface area contributed by atoms with Crippen molar-refractivity contribution in [3.63, 3.8) is 0 Å². The lowest BCUT2D eigenvalue weighted by atomic mass is 9.88. The molecule has 1 aliphatic carbocycles. The third kappa shape index (κ3) is 1.44. The zero-order valence-electron chi connectivity index (χ0n) is 9.88. The van der Waals surface area contributed by atoms with E-state index in [9.17, 15) is 9.59 Å². The Bertz CT molecular complexity index is 692. The largest absolute Gasteiger partial charge is 0.350 e. The molecular formula is C15H11NO2. The SMILES string of the molecule is Cn1cccc1C1=CC(=O)c2ccccc2C1=O. The number of hydrogen-bond donors (Lipinski definition) is 0. The zero-order valence-corrected chi connectivity index (χ0v) is 9.88. The molecule has 0 N–H and O–H groups in total. The van der Waals surface area contributed by atoms with E-state index in [2.05, 4.69) is 0 Å². The van der Waals surface area contributed by atoms with Crippen LogP contribution in [0.4, 0.5) is 0 Å². The molecule has 18 heavy (non-hydrogen) atoms. The van der Waals surface area contributed by atoms with Crippen molar-refractivity contribution in [1.29, 1.82) is 0 Å². The molecule has 0 aliphatic heterocycles. The van der Waals surface area contributed by atoms with E-state index >= 15 is 0 Å². The Labute approximate surface area is 104 Å². The average Bonchev–Trinajstić information content (AvgIpc) is 2.80. The number of benzene rings is 1. The summed E-state index contributed by atoms with van der Waals surface area (Å²) in [6.07, 6.45) is 3.29. The lowest BCUT2D eigenvalue weighted by molar-refractivity contribution is 0.100. The number of allylic oxidation sites excluding steroid dienone is 2. The fourth-order valence-electron chi connectivity index (χ4n) is 2.25. The first-order valence-electron chi connectivity index (χ1n) is 5.70. The molecule has 1 aliphatic rings. The summed E-state index contributed by atoms with van der Waals surface area (Å²) in [6, 6.07) is 10.6. The maximum absolute atomic E-state index is 12.4. The third-order valence-electron chi connectivity index (χ3n) is 3.18. The predicted octanol–water partition coefficient (Wildman–Crippen LogP) is 2.49. The van der Waals surface area contributed by atoms with Gasteiger partial charge in [-0.2, -0.15) is 0 Å². The van der Waals surface area contributed by atoms with Crippen molar-refractivity contribution >= 4 is 17.1 Å². The second-order valence-electron chi connectivity index (χ2n) is 4.30. The van der Waals surface area contributed by atoms with Crippen molar-refractivity contribution in [2.24, 2.45) is 7.05 Å². The molecule has 0 saturated carbocycles. The normalized spacial score (nSPS) is 14.4. The molecule has 0 saturated heterocycles. The van der Waals surface area contributed by atoms with E-state index < -0.39 is 0 Å². The molecule has 0 bridgehead atoms. The molecule has 0 radical (unpaired) electrons. The monoisotopic (exact) mass is 237 g/mol. The number of hydrogen-bond acceptors (Lipinski definition) is 2. The van der Waals surface area contributed by atoms with Gasteiger partial charge in [-0.1, -0.05) is 24.3 Å². The van der Waals surface area contributed by atoms with Gasteiger partial charge in [0, 0.05) is 24.4 Å². The fourth-order valence-corrected chi connectivity index (χ4v) is 2.25. The molecule has 0 atom stereocenters. The standard InChI is InChI=1S/C15H11NO2/c1-16-8-4-7-13(16)12-9-14(17)10-5-2-3-6-11(10)15(12)18/h2-9H,1H3. The van der Waals surface area contributed by atoms with Gasteiger partial charge in [0.1, 0.15) is 0 Å². The van der Waals surface area contributed by atoms with Crippen LogP contribution in [0.3, 0.4) is 0 Å². The van der Waals surface area contributed by atoms with Crippen LogP contribution >= 0.6 is 0 Å². The molecular weight excluding hydrogens is 226 g/mol. The van der Waals surface area contributed by atoms with E-state index in [4.69, 9.17) is 0 Å². The van der Waals surface area contributed by atoms with Gasteiger partial charge in [-0.05, 0) is 18.2 Å². The Morgan fingerprint density at radius 3 is 2.33 bits per heavy atom. The molecule has 0 unspecified atom stereocenters. The van der Waals surface area contributed by atoms with E-state index in [1.165, 1.54) is 6.08 Å². The molecule has 2 aromatic rings. The van der Waals surface area contributed by atoms with E-state index in [0.717, 1.165) is 5.69 Å². The van der Waals surface area contributed by atoms with Gasteiger partial charge in [-0.15, -0.1) is 0 Å². The van der Waals surface area contributed by atoms with E-state index in [0.29, 0.717) is 16.7 Å². The van der Waals surface area contributed by atoms with Gasteiger partial charge in [-0.25, -0.2) is 0 Å². The molecule has 3 nitrogen and oxygen atoms in total. The molecule has 1 aromatic heterocycles. The first kappa shape index (κ1) is 10.7. The Balaban J connectivity index is 2.19. The summed E-state index contributed by atoms with van der Waals surface area (Å²) in [6.45, 7) is 0. The van der Waals surface area contributed by atoms with Crippen molar-refractivity contribution in [2.75, 3.05) is 0 Å². The van der Waals surface area contributed by atoms with Crippen LogP contribution in [0.25, 0.3) is 5.57 Å². The highest BCUT2D eigenvalue weighted by molar-refractivity contribution is 6.38. The molecule has 3 heteroatoms. The lowest BCUT2D eigenvalue weighted by Gasteiger charge is -2.15. The third-order valence-corrected chi connectivity index (χ3v) is 3.18. The first-order chi connectivity index (χ1) is 8.68. The number of Topliss-reactive ketones (excluding diaryl/α,β-unsaturated/α-hetero) is 1. The van der Waals surface area contributed by atoms with Gasteiger partial charge in [0.15, 0.2) is 11.6 Å². The summed E-state index contributed by atoms with van der Waals surface area (Å²) in [7, 11) is 1.86. The van der Waals surface area contributed by atoms with Gasteiger partial charge in [-0.3, -0.25) is 9.59 Å². The molecule has 0 fully saturated rings. The summed E-state index contributed by atoms with van der Waals surface area (Å²) in [5.41, 5.74) is 2.20. The van der Waals surface area contributed by atoms with Crippen LogP contribution in [0, 0.1) is 0 Å². The van der Waals surface area contributed by atoms with E-state index in [1.807, 2.05) is 29.9 Å². The zero-order chi connectivity index (χ0) is 12.7. The minimum Gasteiger partial charge on any atom is -0.350 e. The topological polar surface area (TPSA) is 39.1 Å². The van der Waals surface area contributed by atoms with Crippen LogP contribution < -0.4 is 0 Å². The summed E-state index contributed by atoms with van der Waals surface area (Å²) in [4.78, 5) is 24.4. The van der Waals surface area contributed by atoms with Crippen LogP contribution in [0.5, 0.6) is 0 Å². The summed E-state index contributed by atoms with van der Waals surface area (Å²) >= 11 is 0. The van der Waals surface area contributed by atoms with E-state index in [1.54, 1.807) is 24.3 Å². The van der Waals surface area contributed by atoms with Gasteiger partial charge in [0.2, 0.25) is 0 Å². The Morgan fingerprint density at radius 2 is 1.67 bits per heavy atom. The molecule has 88 valence electrons. The molecule has 3 rings (SSSR count). The van der Waals surface area contributed by atoms with Crippen molar-refractivity contribution in [2.45, 2.75) is 0 Å². The number of nitrogens with zero attached hydrogens (tertiary/aromatic N) is 1. The van der Waals surface area contributed by atoms with Gasteiger partial charge in [0.05, 0.1) is 11.3 Å². The van der Waals surface area contributed by atoms with Gasteiger partial charge < -0.3 is 4.57 Å². The van der Waals surface area contributed by atoms with Gasteiger partial charge >= 0.3 is 0 Å². The highest BCUT2D eigenvalue weighted by Gasteiger charge is 2.26. The first-order valence-corrected chi connectivity index (χ1v) is 5.70. The molecule has 1 heterocycles. The smallest absolute Gasteiger partial charge is 0.196 e. The van der Waals surface area contributed by atoms with Crippen LogP contribution in [0.1, 0.15) is 26.4 Å². The number of ketones is 2. The number of carbonyl (C=O) groups is 2. The Morgan fingerprint density at radius 1 is 0.944 bits per heavy atom. The molecule has 1 aromatic carbocycles. The van der Waals surface area contributed by atoms with Gasteiger partial charge in [0.25, 0.3) is 0 Å². The number of fused-ring (bicyclic) bond motifs is 1. The second kappa shape index (κ2) is 3.81. The Kier molecular flexibility index (Phi) is 2.27. The number of carbonyl (C=O) groups excluding carboxylic acids is 2. The van der Waals surface area contributed by atoms with Crippen LogP contribution in [0.2, 0.25) is 0 Å². The van der Waals surface area contributed by atoms with Crippen LogP contribution in [-0.4, -0.2) is 16.1 Å². The maximum atomic E-state index is 12.4. The average molecular weight is 237 g/mol. The van der Waals surface area contributed by atoms with Crippen LogP contribution in [0.15, 0.2) is 48.7 Å². The van der Waals surface area contributed by atoms with Crippen molar-refractivity contribution in [1.82, 2.24) is 4.57 Å². The molecule has 0 amide bonds. The highest BCUT2D eigenvalue weighted by atomic mass is 16.1. The van der Waals surface area contributed by atoms with Crippen molar-refractivity contribution in [3.8, 4) is 0 Å². The van der Waals surface area contributed by atoms with Crippen molar-refractivity contribution in [3.05, 3.63) is 65.5 Å². The summed E-state index contributed by atoms with van der Waals surface area (Å²) < 4.78 is 1.84. The quantitative estimate of drug-likeness (QED) is 0.764. The number of rotatable bonds is 1. The van der Waals surface area contributed by atoms with Crippen molar-refractivity contribution < 1.29 is 9.59 Å². The predicted molar refractivity (Wildman–Crippen MR) is 68.5 cm³/mol. The second-order valence-corrected chi connectivity index (χ2v) is 4.30.